The predicted octanol–water partition coefficient (Wildman–Crippen LogP) is 8.28. The van der Waals surface area contributed by atoms with Crippen molar-refractivity contribution in [3.8, 4) is 24.3 Å². The highest BCUT2D eigenvalue weighted by Crippen LogP contribution is 2.48. The van der Waals surface area contributed by atoms with Gasteiger partial charge in [-0.3, -0.25) is 0 Å². The van der Waals surface area contributed by atoms with Crippen LogP contribution in [0, 0.1) is 90.7 Å². The molecule has 0 aliphatic rings. The van der Waals surface area contributed by atoms with Crippen LogP contribution in [-0.4, -0.2) is 0 Å². The van der Waals surface area contributed by atoms with Gasteiger partial charge in [-0.15, -0.1) is 0 Å². The third kappa shape index (κ3) is 8.84. The topological polar surface area (TPSA) is 95.2 Å². The van der Waals surface area contributed by atoms with E-state index in [4.69, 9.17) is 0 Å². The van der Waals surface area contributed by atoms with Gasteiger partial charge in [0.15, 0.2) is 0 Å². The Hall–Kier alpha value is -2.04. The Morgan fingerprint density at radius 1 is 0.469 bits per heavy atom. The lowest BCUT2D eigenvalue weighted by Gasteiger charge is -2.39. The highest BCUT2D eigenvalue weighted by Gasteiger charge is 2.47. The van der Waals surface area contributed by atoms with Crippen LogP contribution in [0.4, 0.5) is 0 Å². The summed E-state index contributed by atoms with van der Waals surface area (Å²) in [5, 5.41) is 37.7. The lowest BCUT2D eigenvalue weighted by Crippen LogP contribution is -2.38. The minimum atomic E-state index is -0.587. The maximum Gasteiger partial charge on any atom is 0.0759 e. The van der Waals surface area contributed by atoms with Crippen molar-refractivity contribution in [3.05, 3.63) is 0 Å². The van der Waals surface area contributed by atoms with Gasteiger partial charge in [-0.25, -0.2) is 0 Å². The van der Waals surface area contributed by atoms with Gasteiger partial charge in [-0.1, -0.05) is 55.4 Å². The van der Waals surface area contributed by atoms with Gasteiger partial charge in [-0.2, -0.15) is 21.0 Å². The largest absolute Gasteiger partial charge is 0.198 e. The van der Waals surface area contributed by atoms with Gasteiger partial charge in [0.1, 0.15) is 0 Å². The molecule has 0 aromatic rings. The minimum Gasteiger partial charge on any atom is -0.198 e. The van der Waals surface area contributed by atoms with Crippen molar-refractivity contribution in [1.82, 2.24) is 0 Å². The van der Waals surface area contributed by atoms with Crippen LogP contribution >= 0.6 is 0 Å². The van der Waals surface area contributed by atoms with Crippen molar-refractivity contribution in [3.63, 3.8) is 0 Å². The van der Waals surface area contributed by atoms with Crippen molar-refractivity contribution >= 4 is 0 Å². The van der Waals surface area contributed by atoms with E-state index in [0.717, 1.165) is 25.7 Å². The summed E-state index contributed by atoms with van der Waals surface area (Å²) in [5.74, 6) is 1.74. The van der Waals surface area contributed by atoms with E-state index < -0.39 is 21.7 Å². The Labute approximate surface area is 199 Å². The molecule has 0 saturated heterocycles. The second-order valence-corrected chi connectivity index (χ2v) is 12.2. The van der Waals surface area contributed by atoms with E-state index in [1.807, 2.05) is 27.7 Å². The molecular weight excluding hydrogens is 392 g/mol. The minimum absolute atomic E-state index is 0.435. The molecule has 180 valence electrons. The molecule has 0 rings (SSSR count). The molecule has 0 fully saturated rings. The number of rotatable bonds is 10. The van der Waals surface area contributed by atoms with Crippen molar-refractivity contribution < 1.29 is 0 Å². The Morgan fingerprint density at radius 3 is 0.906 bits per heavy atom. The maximum absolute atomic E-state index is 9.54. The summed E-state index contributed by atoms with van der Waals surface area (Å²) in [4.78, 5) is 0. The molecule has 0 aliphatic carbocycles. The van der Waals surface area contributed by atoms with Crippen molar-refractivity contribution in [1.29, 1.82) is 21.0 Å². The van der Waals surface area contributed by atoms with Gasteiger partial charge in [-0.05, 0) is 77.0 Å². The fourth-order valence-corrected chi connectivity index (χ4v) is 4.75. The summed E-state index contributed by atoms with van der Waals surface area (Å²) in [6, 6.07) is 9.54. The fourth-order valence-electron chi connectivity index (χ4n) is 4.75. The second kappa shape index (κ2) is 12.9. The highest BCUT2D eigenvalue weighted by atomic mass is 14.5. The molecule has 0 bridgehead atoms. The standard InChI is InChI=1S/2C14H24N2/c1-11(2)7-13(5,9-15)14(6,10-16)8-12(3)4;1-11(2)7-14(10-16,8-12(3)4)13(5,6)9-15/h2*11-12H,7-8H2,1-6H3. The average Bonchev–Trinajstić information content (AvgIpc) is 2.65. The Morgan fingerprint density at radius 2 is 0.750 bits per heavy atom. The van der Waals surface area contributed by atoms with Crippen LogP contribution in [0.15, 0.2) is 0 Å². The van der Waals surface area contributed by atoms with Crippen LogP contribution in [0.3, 0.4) is 0 Å². The Balaban J connectivity index is 0. The molecule has 0 amide bonds. The first-order valence-corrected chi connectivity index (χ1v) is 12.1. The van der Waals surface area contributed by atoms with Gasteiger partial charge in [0.25, 0.3) is 0 Å². The Kier molecular flexibility index (Phi) is 12.9. The molecule has 4 nitrogen and oxygen atoms in total. The molecule has 4 heteroatoms. The molecule has 0 aliphatic heterocycles. The van der Waals surface area contributed by atoms with Gasteiger partial charge >= 0.3 is 0 Å². The second-order valence-electron chi connectivity index (χ2n) is 12.2. The molecule has 2 atom stereocenters. The van der Waals surface area contributed by atoms with Gasteiger partial charge < -0.3 is 0 Å². The molecule has 0 heterocycles. The van der Waals surface area contributed by atoms with E-state index in [9.17, 15) is 21.0 Å². The molecular formula is C28H48N4. The number of hydrogen-bond donors (Lipinski definition) is 0. The van der Waals surface area contributed by atoms with Crippen LogP contribution in [0.2, 0.25) is 0 Å². The van der Waals surface area contributed by atoms with Crippen LogP contribution in [0.1, 0.15) is 109 Å². The third-order valence-electron chi connectivity index (χ3n) is 6.55. The molecule has 0 aromatic carbocycles. The highest BCUT2D eigenvalue weighted by molar-refractivity contribution is 5.16. The zero-order chi connectivity index (χ0) is 26.0. The van der Waals surface area contributed by atoms with Crippen LogP contribution in [0.5, 0.6) is 0 Å². The summed E-state index contributed by atoms with van der Waals surface area (Å²) in [7, 11) is 0. The normalized spacial score (nSPS) is 15.6. The lowest BCUT2D eigenvalue weighted by molar-refractivity contribution is 0.128. The van der Waals surface area contributed by atoms with Crippen LogP contribution in [-0.2, 0) is 0 Å². The van der Waals surface area contributed by atoms with Crippen LogP contribution < -0.4 is 0 Å². The zero-order valence-electron chi connectivity index (χ0n) is 22.9. The molecule has 0 N–H and O–H groups in total. The number of nitriles is 4. The zero-order valence-corrected chi connectivity index (χ0v) is 22.9. The first-order chi connectivity index (χ1) is 14.4. The molecule has 0 spiro atoms. The summed E-state index contributed by atoms with van der Waals surface area (Å²) >= 11 is 0. The third-order valence-corrected chi connectivity index (χ3v) is 6.55. The molecule has 0 saturated carbocycles. The molecule has 2 unspecified atom stereocenters. The van der Waals surface area contributed by atoms with Gasteiger partial charge in [0.2, 0.25) is 0 Å². The first-order valence-electron chi connectivity index (χ1n) is 12.1. The fraction of sp³-hybridized carbons (Fsp3) is 0.857. The van der Waals surface area contributed by atoms with Gasteiger partial charge in [0, 0.05) is 0 Å². The average molecular weight is 441 g/mol. The summed E-state index contributed by atoms with van der Waals surface area (Å²) in [6.45, 7) is 24.5. The van der Waals surface area contributed by atoms with E-state index in [2.05, 4.69) is 79.7 Å². The quantitative estimate of drug-likeness (QED) is 0.341. The smallest absolute Gasteiger partial charge is 0.0759 e. The molecule has 0 radical (unpaired) electrons. The first kappa shape index (κ1) is 32.1. The molecule has 0 aromatic heterocycles. The number of nitrogens with zero attached hydrogens (tertiary/aromatic N) is 4. The maximum atomic E-state index is 9.54. The summed E-state index contributed by atoms with van der Waals surface area (Å²) < 4.78 is 0. The lowest BCUT2D eigenvalue weighted by atomic mass is 9.60. The SMILES string of the molecule is CC(C)CC(C#N)(CC(C)C)C(C)(C)C#N.CC(C)CC(C)(C#N)C(C)(C#N)CC(C)C. The van der Waals surface area contributed by atoms with Crippen LogP contribution in [0.25, 0.3) is 0 Å². The van der Waals surface area contributed by atoms with Crippen molar-refractivity contribution in [2.24, 2.45) is 45.3 Å². The monoisotopic (exact) mass is 440 g/mol. The summed E-state index contributed by atoms with van der Waals surface area (Å²) in [6.07, 6.45) is 3.14. The Bertz CT molecular complexity index is 691. The van der Waals surface area contributed by atoms with E-state index in [1.165, 1.54) is 0 Å². The van der Waals surface area contributed by atoms with E-state index in [-0.39, 0.29) is 0 Å². The summed E-state index contributed by atoms with van der Waals surface area (Å²) in [5.41, 5.74) is -2.22. The molecule has 32 heavy (non-hydrogen) atoms. The van der Waals surface area contributed by atoms with Gasteiger partial charge in [0.05, 0.1) is 45.9 Å². The van der Waals surface area contributed by atoms with E-state index in [0.29, 0.717) is 23.7 Å². The predicted molar refractivity (Wildman–Crippen MR) is 133 cm³/mol. The number of hydrogen-bond acceptors (Lipinski definition) is 4. The van der Waals surface area contributed by atoms with E-state index >= 15 is 0 Å². The van der Waals surface area contributed by atoms with E-state index in [1.54, 1.807) is 0 Å². The van der Waals surface area contributed by atoms with Crippen molar-refractivity contribution in [2.45, 2.75) is 109 Å². The van der Waals surface area contributed by atoms with Crippen molar-refractivity contribution in [2.75, 3.05) is 0 Å².